The Morgan fingerprint density at radius 2 is 2.00 bits per heavy atom. The number of hydrogen-bond donors (Lipinski definition) is 1. The van der Waals surface area contributed by atoms with Crippen LogP contribution in [0.5, 0.6) is 6.01 Å². The Bertz CT molecular complexity index is 1230. The van der Waals surface area contributed by atoms with Crippen molar-refractivity contribution in [1.29, 1.82) is 0 Å². The second kappa shape index (κ2) is 9.04. The molecule has 180 valence electrons. The molecule has 2 aromatic rings. The zero-order valence-corrected chi connectivity index (χ0v) is 19.3. The monoisotopic (exact) mass is 487 g/mol. The number of imidazole rings is 1. The van der Waals surface area contributed by atoms with Gasteiger partial charge in [-0.3, -0.25) is 14.1 Å². The van der Waals surface area contributed by atoms with E-state index in [1.54, 1.807) is 38.2 Å². The Labute approximate surface area is 189 Å². The largest absolute Gasteiger partial charge is 0.575 e. The minimum atomic E-state index is -4.98. The van der Waals surface area contributed by atoms with E-state index in [0.29, 0.717) is 17.4 Å². The average Bonchev–Trinajstić information content (AvgIpc) is 3.41. The zero-order chi connectivity index (χ0) is 24.6. The molecule has 0 radical (unpaired) electrons. The Morgan fingerprint density at radius 3 is 2.52 bits per heavy atom. The van der Waals surface area contributed by atoms with E-state index in [4.69, 9.17) is 0 Å². The average molecular weight is 488 g/mol. The highest BCUT2D eigenvalue weighted by molar-refractivity contribution is 7.92. The first kappa shape index (κ1) is 24.6. The zero-order valence-electron chi connectivity index (χ0n) is 18.5. The highest BCUT2D eigenvalue weighted by atomic mass is 32.2. The third-order valence-electron chi connectivity index (χ3n) is 4.59. The molecule has 0 aromatic carbocycles. The molecule has 1 aliphatic carbocycles. The van der Waals surface area contributed by atoms with Crippen molar-refractivity contribution in [2.45, 2.75) is 32.7 Å². The van der Waals surface area contributed by atoms with Gasteiger partial charge in [0.25, 0.3) is 0 Å². The van der Waals surface area contributed by atoms with Gasteiger partial charge in [-0.25, -0.2) is 13.4 Å². The van der Waals surface area contributed by atoms with Crippen molar-refractivity contribution in [3.05, 3.63) is 29.6 Å². The number of ether oxygens (including phenoxy) is 1. The van der Waals surface area contributed by atoms with E-state index < -0.39 is 22.4 Å². The number of pyridine rings is 1. The molecular formula is C20H24F3N5O4S. The van der Waals surface area contributed by atoms with Crippen molar-refractivity contribution >= 4 is 38.7 Å². The van der Waals surface area contributed by atoms with E-state index >= 15 is 0 Å². The summed E-state index contributed by atoms with van der Waals surface area (Å²) < 4.78 is 70.7. The first-order chi connectivity index (χ1) is 15.3. The summed E-state index contributed by atoms with van der Waals surface area (Å²) in [5, 5.41) is 0. The van der Waals surface area contributed by atoms with Crippen LogP contribution in [0.2, 0.25) is 0 Å². The molecule has 1 fully saturated rings. The molecule has 9 nitrogen and oxygen atoms in total. The summed E-state index contributed by atoms with van der Waals surface area (Å²) in [6.07, 6.45) is 1.46. The number of halogens is 3. The number of nitrogens with one attached hydrogen (secondary N) is 1. The summed E-state index contributed by atoms with van der Waals surface area (Å²) in [7, 11) is -0.356. The molecule has 1 N–H and O–H groups in total. The summed E-state index contributed by atoms with van der Waals surface area (Å²) in [4.78, 5) is 21.1. The van der Waals surface area contributed by atoms with Crippen LogP contribution in [-0.4, -0.2) is 60.9 Å². The number of carbonyl (C=O) groups excluding carboxylic acids is 1. The van der Waals surface area contributed by atoms with Crippen molar-refractivity contribution < 1.29 is 31.1 Å². The van der Waals surface area contributed by atoms with E-state index in [1.807, 2.05) is 0 Å². The Kier molecular flexibility index (Phi) is 6.73. The molecule has 13 heteroatoms. The number of aromatic nitrogens is 3. The topological polar surface area (TPSA) is 106 Å². The maximum Gasteiger partial charge on any atom is 0.575 e. The van der Waals surface area contributed by atoms with Gasteiger partial charge < -0.3 is 9.64 Å². The number of carbonyl (C=O) groups is 1. The molecule has 2 aromatic heterocycles. The van der Waals surface area contributed by atoms with Gasteiger partial charge in [0.15, 0.2) is 5.82 Å². The molecule has 0 saturated heterocycles. The second-order valence-electron chi connectivity index (χ2n) is 8.15. The first-order valence-electron chi connectivity index (χ1n) is 9.92. The van der Waals surface area contributed by atoms with Crippen LogP contribution in [0.25, 0.3) is 16.6 Å². The maximum absolute atomic E-state index is 13.0. The molecule has 1 aliphatic rings. The molecule has 1 saturated carbocycles. The lowest BCUT2D eigenvalue weighted by Gasteiger charge is -2.13. The van der Waals surface area contributed by atoms with Crippen molar-refractivity contribution in [3.8, 4) is 6.01 Å². The third kappa shape index (κ3) is 6.70. The van der Waals surface area contributed by atoms with Crippen LogP contribution in [0.15, 0.2) is 23.9 Å². The maximum atomic E-state index is 13.0. The number of fused-ring (bicyclic) bond motifs is 1. The Balaban J connectivity index is 2.32. The number of aldehydes is 1. The molecule has 3 rings (SSSR count). The van der Waals surface area contributed by atoms with Gasteiger partial charge in [-0.15, -0.1) is 13.2 Å². The SMILES string of the molecule is C/C(C=O)=C/C(=C\N(C)C)c1cc2c(nc(OC(F)(F)F)n2CC2CC2)c(NS(C)(=O)=O)n1. The molecule has 33 heavy (non-hydrogen) atoms. The minimum absolute atomic E-state index is 0.0793. The minimum Gasteiger partial charge on any atom is -0.383 e. The van der Waals surface area contributed by atoms with E-state index in [1.165, 1.54) is 10.6 Å². The number of nitrogens with zero attached hydrogens (tertiary/aromatic N) is 4. The van der Waals surface area contributed by atoms with E-state index in [0.717, 1.165) is 19.1 Å². The van der Waals surface area contributed by atoms with Gasteiger partial charge in [0, 0.05) is 32.4 Å². The lowest BCUT2D eigenvalue weighted by Crippen LogP contribution is -2.20. The second-order valence-corrected chi connectivity index (χ2v) is 9.90. The van der Waals surface area contributed by atoms with Crippen LogP contribution < -0.4 is 9.46 Å². The molecule has 0 aliphatic heterocycles. The van der Waals surface area contributed by atoms with Gasteiger partial charge >= 0.3 is 12.4 Å². The third-order valence-corrected chi connectivity index (χ3v) is 5.15. The van der Waals surface area contributed by atoms with E-state index in [9.17, 15) is 26.4 Å². The molecule has 2 heterocycles. The van der Waals surface area contributed by atoms with Crippen LogP contribution in [0.3, 0.4) is 0 Å². The van der Waals surface area contributed by atoms with Crippen molar-refractivity contribution in [3.63, 3.8) is 0 Å². The standard InChI is InChI=1S/C20H24F3N5O4S/c1-12(11-29)7-14(10-27(2)3)15-8-16-17(18(24-15)26-33(4,30)31)25-19(32-20(21,22)23)28(16)9-13-5-6-13/h7-8,10-11,13H,5-6,9H2,1-4H3,(H,24,26)/b12-7-,14-10+. The summed E-state index contributed by atoms with van der Waals surface area (Å²) in [6, 6.07) is 0.809. The summed E-state index contributed by atoms with van der Waals surface area (Å²) in [5.41, 5.74) is 1.19. The Morgan fingerprint density at radius 1 is 1.33 bits per heavy atom. The van der Waals surface area contributed by atoms with Crippen molar-refractivity contribution in [2.75, 3.05) is 25.1 Å². The fourth-order valence-corrected chi connectivity index (χ4v) is 3.64. The molecule has 0 unspecified atom stereocenters. The van der Waals surface area contributed by atoms with Crippen LogP contribution in [0.1, 0.15) is 25.5 Å². The molecule has 0 bridgehead atoms. The number of anilines is 1. The highest BCUT2D eigenvalue weighted by Gasteiger charge is 2.35. The molecule has 0 amide bonds. The smallest absolute Gasteiger partial charge is 0.383 e. The van der Waals surface area contributed by atoms with E-state index in [-0.39, 0.29) is 35.0 Å². The van der Waals surface area contributed by atoms with Gasteiger partial charge in [0.1, 0.15) is 11.8 Å². The fourth-order valence-electron chi connectivity index (χ4n) is 3.15. The van der Waals surface area contributed by atoms with Crippen molar-refractivity contribution in [2.24, 2.45) is 5.92 Å². The lowest BCUT2D eigenvalue weighted by molar-refractivity contribution is -0.278. The summed E-state index contributed by atoms with van der Waals surface area (Å²) in [6.45, 7) is 1.80. The predicted octanol–water partition coefficient (Wildman–Crippen LogP) is 3.16. The number of alkyl halides is 3. The number of hydrogen-bond acceptors (Lipinski definition) is 7. The Hall–Kier alpha value is -3.09. The van der Waals surface area contributed by atoms with Gasteiger partial charge in [0.2, 0.25) is 10.0 Å². The van der Waals surface area contributed by atoms with Gasteiger partial charge in [-0.05, 0) is 43.4 Å². The first-order valence-corrected chi connectivity index (χ1v) is 11.8. The van der Waals surface area contributed by atoms with Crippen LogP contribution in [0, 0.1) is 5.92 Å². The summed E-state index contributed by atoms with van der Waals surface area (Å²) >= 11 is 0. The molecule has 0 atom stereocenters. The van der Waals surface area contributed by atoms with Crippen LogP contribution in [0.4, 0.5) is 19.0 Å². The number of sulfonamides is 1. The highest BCUT2D eigenvalue weighted by Crippen LogP contribution is 2.37. The van der Waals surface area contributed by atoms with Gasteiger partial charge in [-0.2, -0.15) is 4.98 Å². The van der Waals surface area contributed by atoms with Crippen molar-refractivity contribution in [1.82, 2.24) is 19.4 Å². The predicted molar refractivity (Wildman–Crippen MR) is 117 cm³/mol. The fraction of sp³-hybridized carbons (Fsp3) is 0.450. The summed E-state index contributed by atoms with van der Waals surface area (Å²) in [5.74, 6) is -0.0803. The number of allylic oxidation sites excluding steroid dienone is 3. The van der Waals surface area contributed by atoms with Crippen LogP contribution >= 0.6 is 0 Å². The lowest BCUT2D eigenvalue weighted by atomic mass is 10.1. The quantitative estimate of drug-likeness (QED) is 0.329. The molecule has 0 spiro atoms. The van der Waals surface area contributed by atoms with Crippen LogP contribution in [-0.2, 0) is 21.4 Å². The normalized spacial score (nSPS) is 15.6. The van der Waals surface area contributed by atoms with E-state index in [2.05, 4.69) is 19.4 Å². The number of rotatable bonds is 9. The molecular weight excluding hydrogens is 463 g/mol. The van der Waals surface area contributed by atoms with Gasteiger partial charge in [-0.1, -0.05) is 0 Å². The van der Waals surface area contributed by atoms with Gasteiger partial charge in [0.05, 0.1) is 17.5 Å².